The second-order valence-electron chi connectivity index (χ2n) is 3.09. The molecule has 1 aromatic rings. The van der Waals surface area contributed by atoms with Crippen LogP contribution in [-0.2, 0) is 6.42 Å². The molecule has 0 fully saturated rings. The summed E-state index contributed by atoms with van der Waals surface area (Å²) in [5, 5.41) is 4.91. The summed E-state index contributed by atoms with van der Waals surface area (Å²) in [6.07, 6.45) is 1.04. The van der Waals surface area contributed by atoms with Gasteiger partial charge in [0.25, 0.3) is 0 Å². The van der Waals surface area contributed by atoms with E-state index < -0.39 is 0 Å². The van der Waals surface area contributed by atoms with Gasteiger partial charge in [-0.2, -0.15) is 0 Å². The molecule has 0 aliphatic carbocycles. The molecule has 0 aliphatic heterocycles. The van der Waals surface area contributed by atoms with Crippen molar-refractivity contribution in [2.24, 2.45) is 5.84 Å². The van der Waals surface area contributed by atoms with Gasteiger partial charge in [-0.25, -0.2) is 5.84 Å². The first-order chi connectivity index (χ1) is 6.63. The first-order valence-electron chi connectivity index (χ1n) is 4.52. The molecule has 0 unspecified atom stereocenters. The fourth-order valence-corrected chi connectivity index (χ4v) is 1.15. The van der Waals surface area contributed by atoms with Gasteiger partial charge in [0.15, 0.2) is 5.11 Å². The van der Waals surface area contributed by atoms with Crippen LogP contribution in [0.25, 0.3) is 0 Å². The molecule has 76 valence electrons. The standard InChI is InChI=1S/C10H15N3S/c1-3-8-4-6-9(7-5-8)12-10(14)13(2)11/h4-7H,3,11H2,1-2H3,(H,12,14). The van der Waals surface area contributed by atoms with Crippen molar-refractivity contribution in [1.82, 2.24) is 5.01 Å². The molecule has 14 heavy (non-hydrogen) atoms. The van der Waals surface area contributed by atoms with Crippen LogP contribution in [0.1, 0.15) is 12.5 Å². The van der Waals surface area contributed by atoms with E-state index in [1.54, 1.807) is 7.05 Å². The van der Waals surface area contributed by atoms with Crippen molar-refractivity contribution in [2.75, 3.05) is 12.4 Å². The molecule has 0 bridgehead atoms. The number of benzene rings is 1. The number of aryl methyl sites for hydroxylation is 1. The van der Waals surface area contributed by atoms with E-state index in [9.17, 15) is 0 Å². The summed E-state index contributed by atoms with van der Waals surface area (Å²) >= 11 is 5.01. The molecule has 0 heterocycles. The Morgan fingerprint density at radius 2 is 2.00 bits per heavy atom. The summed E-state index contributed by atoms with van der Waals surface area (Å²) in [7, 11) is 1.70. The average molecular weight is 209 g/mol. The normalized spacial score (nSPS) is 9.64. The van der Waals surface area contributed by atoms with Gasteiger partial charge in [-0.05, 0) is 36.3 Å². The molecule has 3 N–H and O–H groups in total. The summed E-state index contributed by atoms with van der Waals surface area (Å²) in [4.78, 5) is 0. The molecule has 1 aromatic carbocycles. The van der Waals surface area contributed by atoms with Crippen molar-refractivity contribution in [3.63, 3.8) is 0 Å². The number of nitrogens with one attached hydrogen (secondary N) is 1. The van der Waals surface area contributed by atoms with Crippen molar-refractivity contribution in [3.05, 3.63) is 29.8 Å². The van der Waals surface area contributed by atoms with Gasteiger partial charge in [0, 0.05) is 12.7 Å². The Labute approximate surface area is 89.9 Å². The lowest BCUT2D eigenvalue weighted by atomic mass is 10.1. The Kier molecular flexibility index (Phi) is 3.85. The van der Waals surface area contributed by atoms with Gasteiger partial charge >= 0.3 is 0 Å². The Bertz CT molecular complexity index is 306. The van der Waals surface area contributed by atoms with Crippen LogP contribution >= 0.6 is 12.2 Å². The van der Waals surface area contributed by atoms with Gasteiger partial charge < -0.3 is 5.32 Å². The van der Waals surface area contributed by atoms with Crippen molar-refractivity contribution in [3.8, 4) is 0 Å². The van der Waals surface area contributed by atoms with Gasteiger partial charge in [-0.3, -0.25) is 5.01 Å². The first kappa shape index (κ1) is 10.9. The molecule has 0 atom stereocenters. The fraction of sp³-hybridized carbons (Fsp3) is 0.300. The summed E-state index contributed by atoms with van der Waals surface area (Å²) < 4.78 is 0. The van der Waals surface area contributed by atoms with Crippen LogP contribution in [0.2, 0.25) is 0 Å². The van der Waals surface area contributed by atoms with Gasteiger partial charge in [-0.1, -0.05) is 19.1 Å². The molecular weight excluding hydrogens is 194 g/mol. The van der Waals surface area contributed by atoms with Gasteiger partial charge in [0.05, 0.1) is 0 Å². The second kappa shape index (κ2) is 4.93. The Morgan fingerprint density at radius 1 is 1.43 bits per heavy atom. The summed E-state index contributed by atoms with van der Waals surface area (Å²) in [5.74, 6) is 5.47. The molecule has 0 spiro atoms. The van der Waals surface area contributed by atoms with E-state index in [2.05, 4.69) is 24.4 Å². The van der Waals surface area contributed by atoms with E-state index in [0.29, 0.717) is 5.11 Å². The number of hydrogen-bond acceptors (Lipinski definition) is 2. The molecular formula is C10H15N3S. The lowest BCUT2D eigenvalue weighted by Gasteiger charge is -2.14. The molecule has 0 saturated heterocycles. The van der Waals surface area contributed by atoms with Crippen LogP contribution in [0, 0.1) is 0 Å². The Morgan fingerprint density at radius 3 is 2.43 bits per heavy atom. The third-order valence-electron chi connectivity index (χ3n) is 1.93. The average Bonchev–Trinajstić information content (AvgIpc) is 2.19. The molecule has 0 radical (unpaired) electrons. The topological polar surface area (TPSA) is 41.3 Å². The third-order valence-corrected chi connectivity index (χ3v) is 2.32. The van der Waals surface area contributed by atoms with E-state index in [4.69, 9.17) is 18.1 Å². The largest absolute Gasteiger partial charge is 0.332 e. The van der Waals surface area contributed by atoms with Gasteiger partial charge in [0.2, 0.25) is 0 Å². The Balaban J connectivity index is 2.64. The lowest BCUT2D eigenvalue weighted by molar-refractivity contribution is 0.548. The minimum Gasteiger partial charge on any atom is -0.332 e. The van der Waals surface area contributed by atoms with Gasteiger partial charge in [0.1, 0.15) is 0 Å². The maximum Gasteiger partial charge on any atom is 0.187 e. The molecule has 1 rings (SSSR count). The summed E-state index contributed by atoms with van der Waals surface area (Å²) in [5.41, 5.74) is 2.27. The third kappa shape index (κ3) is 2.97. The minimum absolute atomic E-state index is 0.509. The molecule has 0 saturated carbocycles. The van der Waals surface area contributed by atoms with Crippen LogP contribution in [-0.4, -0.2) is 17.2 Å². The number of hydrogen-bond donors (Lipinski definition) is 2. The highest BCUT2D eigenvalue weighted by Crippen LogP contribution is 2.09. The number of thiocarbonyl (C=S) groups is 1. The SMILES string of the molecule is CCc1ccc(NC(=S)N(C)N)cc1. The zero-order valence-corrected chi connectivity index (χ0v) is 9.27. The van der Waals surface area contributed by atoms with Crippen molar-refractivity contribution in [1.29, 1.82) is 0 Å². The van der Waals surface area contributed by atoms with Crippen molar-refractivity contribution in [2.45, 2.75) is 13.3 Å². The van der Waals surface area contributed by atoms with Crippen LogP contribution in [0.5, 0.6) is 0 Å². The molecule has 4 heteroatoms. The van der Waals surface area contributed by atoms with E-state index >= 15 is 0 Å². The number of nitrogens with zero attached hydrogens (tertiary/aromatic N) is 1. The first-order valence-corrected chi connectivity index (χ1v) is 4.92. The van der Waals surface area contributed by atoms with E-state index in [1.165, 1.54) is 10.6 Å². The number of hydrazine groups is 1. The minimum atomic E-state index is 0.509. The van der Waals surface area contributed by atoms with Crippen LogP contribution in [0.3, 0.4) is 0 Å². The van der Waals surface area contributed by atoms with Crippen LogP contribution in [0.15, 0.2) is 24.3 Å². The fourth-order valence-electron chi connectivity index (χ4n) is 1.04. The molecule has 0 aromatic heterocycles. The second-order valence-corrected chi connectivity index (χ2v) is 3.48. The van der Waals surface area contributed by atoms with E-state index in [0.717, 1.165) is 12.1 Å². The Hall–Kier alpha value is -1.13. The quantitative estimate of drug-likeness (QED) is 0.442. The maximum absolute atomic E-state index is 5.47. The van der Waals surface area contributed by atoms with E-state index in [-0.39, 0.29) is 0 Å². The zero-order valence-electron chi connectivity index (χ0n) is 8.45. The highest BCUT2D eigenvalue weighted by Gasteiger charge is 1.99. The summed E-state index contributed by atoms with van der Waals surface area (Å²) in [6.45, 7) is 2.13. The van der Waals surface area contributed by atoms with Crippen LogP contribution in [0.4, 0.5) is 5.69 Å². The molecule has 0 aliphatic rings. The van der Waals surface area contributed by atoms with Crippen molar-refractivity contribution >= 4 is 23.0 Å². The van der Waals surface area contributed by atoms with E-state index in [1.807, 2.05) is 12.1 Å². The monoisotopic (exact) mass is 209 g/mol. The predicted octanol–water partition coefficient (Wildman–Crippen LogP) is 1.75. The number of rotatable bonds is 2. The van der Waals surface area contributed by atoms with Crippen molar-refractivity contribution < 1.29 is 0 Å². The maximum atomic E-state index is 5.47. The molecule has 0 amide bonds. The highest BCUT2D eigenvalue weighted by atomic mass is 32.1. The predicted molar refractivity (Wildman–Crippen MR) is 64.0 cm³/mol. The lowest BCUT2D eigenvalue weighted by Crippen LogP contribution is -2.36. The number of nitrogens with two attached hydrogens (primary N) is 1. The highest BCUT2D eigenvalue weighted by molar-refractivity contribution is 7.80. The summed E-state index contributed by atoms with van der Waals surface area (Å²) in [6, 6.07) is 8.13. The van der Waals surface area contributed by atoms with Gasteiger partial charge in [-0.15, -0.1) is 0 Å². The number of anilines is 1. The molecule has 3 nitrogen and oxygen atoms in total. The zero-order chi connectivity index (χ0) is 10.6. The smallest absolute Gasteiger partial charge is 0.187 e. The van der Waals surface area contributed by atoms with Crippen LogP contribution < -0.4 is 11.2 Å².